The summed E-state index contributed by atoms with van der Waals surface area (Å²) in [6.45, 7) is 9.35. The summed E-state index contributed by atoms with van der Waals surface area (Å²) in [5.41, 5.74) is 1.55. The maximum absolute atomic E-state index is 10.2. The van der Waals surface area contributed by atoms with Gasteiger partial charge in [0.2, 0.25) is 0 Å². The predicted molar refractivity (Wildman–Crippen MR) is 95.7 cm³/mol. The zero-order valence-electron chi connectivity index (χ0n) is 14.4. The number of fused-ring (bicyclic) bond motifs is 3. The van der Waals surface area contributed by atoms with Gasteiger partial charge in [-0.1, -0.05) is 23.7 Å². The maximum atomic E-state index is 10.2. The summed E-state index contributed by atoms with van der Waals surface area (Å²) in [6, 6.07) is 8.37. The maximum Gasteiger partial charge on any atom is 0.309 e. The van der Waals surface area contributed by atoms with Gasteiger partial charge < -0.3 is 14.2 Å². The smallest absolute Gasteiger partial charge is 0.309 e. The SMILES string of the molecule is Cc1cn2ccc3cc(BOC(C)(C)C(C)(C)O)ccc3c2n1. The van der Waals surface area contributed by atoms with Crippen molar-refractivity contribution in [2.75, 3.05) is 0 Å². The lowest BCUT2D eigenvalue weighted by molar-refractivity contribution is -0.0893. The first-order valence-corrected chi connectivity index (χ1v) is 7.91. The van der Waals surface area contributed by atoms with Crippen LogP contribution in [0.25, 0.3) is 16.4 Å². The highest BCUT2D eigenvalue weighted by molar-refractivity contribution is 6.47. The lowest BCUT2D eigenvalue weighted by Crippen LogP contribution is -2.49. The second-order valence-corrected chi connectivity index (χ2v) is 7.21. The third-order valence-electron chi connectivity index (χ3n) is 4.70. The molecule has 0 aliphatic heterocycles. The molecule has 3 rings (SSSR count). The van der Waals surface area contributed by atoms with Crippen LogP contribution in [0.4, 0.5) is 0 Å². The van der Waals surface area contributed by atoms with E-state index in [4.69, 9.17) is 4.65 Å². The monoisotopic (exact) mass is 310 g/mol. The van der Waals surface area contributed by atoms with Crippen molar-refractivity contribution in [2.24, 2.45) is 0 Å². The van der Waals surface area contributed by atoms with Crippen molar-refractivity contribution in [1.82, 2.24) is 9.38 Å². The third kappa shape index (κ3) is 2.99. The fraction of sp³-hybridized carbons (Fsp3) is 0.389. The molecule has 0 fully saturated rings. The zero-order chi connectivity index (χ0) is 16.8. The van der Waals surface area contributed by atoms with Gasteiger partial charge >= 0.3 is 7.48 Å². The Balaban J connectivity index is 1.90. The molecule has 0 radical (unpaired) electrons. The molecule has 0 saturated heterocycles. The van der Waals surface area contributed by atoms with E-state index in [0.717, 1.165) is 27.6 Å². The first-order chi connectivity index (χ1) is 10.7. The van der Waals surface area contributed by atoms with Gasteiger partial charge in [0, 0.05) is 17.8 Å². The minimum absolute atomic E-state index is 0.464. The van der Waals surface area contributed by atoms with Crippen LogP contribution < -0.4 is 5.46 Å². The van der Waals surface area contributed by atoms with Crippen LogP contribution in [0.1, 0.15) is 33.4 Å². The molecule has 1 N–H and O–H groups in total. The van der Waals surface area contributed by atoms with Crippen LogP contribution in [-0.2, 0) is 4.65 Å². The first kappa shape index (κ1) is 16.0. The minimum atomic E-state index is -0.899. The summed E-state index contributed by atoms with van der Waals surface area (Å²) in [6.07, 6.45) is 4.06. The average Bonchev–Trinajstić information content (AvgIpc) is 2.84. The number of aliphatic hydroxyl groups is 1. The van der Waals surface area contributed by atoms with Crippen LogP contribution in [0.15, 0.2) is 36.7 Å². The highest BCUT2D eigenvalue weighted by atomic mass is 16.5. The van der Waals surface area contributed by atoms with E-state index in [2.05, 4.69) is 29.2 Å². The number of aromatic nitrogens is 2. The Morgan fingerprint density at radius 3 is 2.61 bits per heavy atom. The molecule has 120 valence electrons. The number of aryl methyl sites for hydroxylation is 1. The molecule has 0 aliphatic carbocycles. The summed E-state index contributed by atoms with van der Waals surface area (Å²) in [7, 11) is 0.464. The van der Waals surface area contributed by atoms with E-state index in [0.29, 0.717) is 7.48 Å². The fourth-order valence-electron chi connectivity index (χ4n) is 2.47. The molecular weight excluding hydrogens is 287 g/mol. The van der Waals surface area contributed by atoms with Crippen molar-refractivity contribution >= 4 is 29.4 Å². The van der Waals surface area contributed by atoms with E-state index in [1.807, 2.05) is 37.6 Å². The number of hydrogen-bond donors (Lipinski definition) is 1. The fourth-order valence-corrected chi connectivity index (χ4v) is 2.47. The van der Waals surface area contributed by atoms with Crippen molar-refractivity contribution in [3.8, 4) is 0 Å². The largest absolute Gasteiger partial charge is 0.427 e. The van der Waals surface area contributed by atoms with E-state index in [-0.39, 0.29) is 0 Å². The van der Waals surface area contributed by atoms with Gasteiger partial charge in [0.15, 0.2) is 0 Å². The normalized spacial score (nSPS) is 13.0. The number of hydrogen-bond acceptors (Lipinski definition) is 3. The number of nitrogens with zero attached hydrogens (tertiary/aromatic N) is 2. The lowest BCUT2D eigenvalue weighted by Gasteiger charge is -2.37. The van der Waals surface area contributed by atoms with Crippen molar-refractivity contribution in [2.45, 2.75) is 45.8 Å². The molecule has 0 bridgehead atoms. The second kappa shape index (κ2) is 5.36. The molecule has 4 nitrogen and oxygen atoms in total. The summed E-state index contributed by atoms with van der Waals surface area (Å²) >= 11 is 0. The quantitative estimate of drug-likeness (QED) is 0.753. The third-order valence-corrected chi connectivity index (χ3v) is 4.70. The Labute approximate surface area is 137 Å². The number of imidazole rings is 1. The molecule has 1 aromatic carbocycles. The number of rotatable bonds is 4. The summed E-state index contributed by atoms with van der Waals surface area (Å²) < 4.78 is 8.00. The Hall–Kier alpha value is -1.85. The number of benzene rings is 1. The van der Waals surface area contributed by atoms with Crippen molar-refractivity contribution < 1.29 is 9.76 Å². The van der Waals surface area contributed by atoms with E-state index in [1.54, 1.807) is 13.8 Å². The van der Waals surface area contributed by atoms with E-state index < -0.39 is 11.2 Å². The molecule has 2 aromatic heterocycles. The lowest BCUT2D eigenvalue weighted by atomic mass is 9.82. The molecule has 3 aromatic rings. The van der Waals surface area contributed by atoms with E-state index in [1.165, 1.54) is 0 Å². The van der Waals surface area contributed by atoms with Crippen molar-refractivity contribution in [3.05, 3.63) is 42.4 Å². The Kier molecular flexibility index (Phi) is 3.73. The highest BCUT2D eigenvalue weighted by Gasteiger charge is 2.35. The predicted octanol–water partition coefficient (Wildman–Crippen LogP) is 2.34. The summed E-state index contributed by atoms with van der Waals surface area (Å²) in [5.74, 6) is 0. The van der Waals surface area contributed by atoms with Crippen LogP contribution in [-0.4, -0.2) is 33.2 Å². The Morgan fingerprint density at radius 2 is 1.91 bits per heavy atom. The highest BCUT2D eigenvalue weighted by Crippen LogP contribution is 2.24. The molecule has 0 spiro atoms. The molecule has 0 saturated carbocycles. The molecule has 0 atom stereocenters. The second-order valence-electron chi connectivity index (χ2n) is 7.21. The molecule has 0 aliphatic rings. The van der Waals surface area contributed by atoms with Gasteiger partial charge in [-0.05, 0) is 46.1 Å². The van der Waals surface area contributed by atoms with Gasteiger partial charge in [-0.15, -0.1) is 0 Å². The molecule has 2 heterocycles. The van der Waals surface area contributed by atoms with Gasteiger partial charge in [0.25, 0.3) is 0 Å². The van der Waals surface area contributed by atoms with Crippen LogP contribution in [0.3, 0.4) is 0 Å². The van der Waals surface area contributed by atoms with E-state index in [9.17, 15) is 5.11 Å². The van der Waals surface area contributed by atoms with Gasteiger partial charge in [-0.3, -0.25) is 0 Å². The molecular formula is C18H23BN2O2. The zero-order valence-corrected chi connectivity index (χ0v) is 14.4. The molecule has 0 unspecified atom stereocenters. The topological polar surface area (TPSA) is 46.8 Å². The summed E-state index contributed by atoms with van der Waals surface area (Å²) in [5, 5.41) is 12.5. The van der Waals surface area contributed by atoms with Crippen molar-refractivity contribution in [1.29, 1.82) is 0 Å². The van der Waals surface area contributed by atoms with Crippen LogP contribution in [0, 0.1) is 6.92 Å². The minimum Gasteiger partial charge on any atom is -0.427 e. The van der Waals surface area contributed by atoms with Crippen LogP contribution in [0.5, 0.6) is 0 Å². The van der Waals surface area contributed by atoms with Gasteiger partial charge in [-0.2, -0.15) is 0 Å². The Bertz CT molecular complexity index is 862. The molecule has 0 amide bonds. The van der Waals surface area contributed by atoms with Crippen molar-refractivity contribution in [3.63, 3.8) is 0 Å². The van der Waals surface area contributed by atoms with Gasteiger partial charge in [-0.25, -0.2) is 4.98 Å². The van der Waals surface area contributed by atoms with Crippen LogP contribution >= 0.6 is 0 Å². The first-order valence-electron chi connectivity index (χ1n) is 7.91. The van der Waals surface area contributed by atoms with Gasteiger partial charge in [0.1, 0.15) is 5.65 Å². The molecule has 5 heteroatoms. The Morgan fingerprint density at radius 1 is 1.17 bits per heavy atom. The van der Waals surface area contributed by atoms with Gasteiger partial charge in [0.05, 0.1) is 16.9 Å². The van der Waals surface area contributed by atoms with E-state index >= 15 is 0 Å². The van der Waals surface area contributed by atoms with Crippen LogP contribution in [0.2, 0.25) is 0 Å². The molecule has 23 heavy (non-hydrogen) atoms. The summed E-state index contributed by atoms with van der Waals surface area (Å²) in [4.78, 5) is 4.59. The average molecular weight is 310 g/mol. The standard InChI is InChI=1S/C18H23BN2O2/c1-12-11-21-9-8-13-10-14(6-7-15(13)16(21)20-12)19-23-18(4,5)17(2,3)22/h6-11,19,22H,1-5H3. The number of pyridine rings is 1.